The second kappa shape index (κ2) is 4.81. The molecule has 8 heteroatoms. The number of imidazole rings is 1. The molecular weight excluding hydrogens is 318 g/mol. The Kier molecular flexibility index (Phi) is 3.34. The van der Waals surface area contributed by atoms with E-state index in [0.717, 1.165) is 0 Å². The number of rotatable bonds is 3. The van der Waals surface area contributed by atoms with Gasteiger partial charge in [-0.1, -0.05) is 15.9 Å². The van der Waals surface area contributed by atoms with E-state index in [-0.39, 0.29) is 17.1 Å². The first kappa shape index (κ1) is 13.2. The summed E-state index contributed by atoms with van der Waals surface area (Å²) in [5.41, 5.74) is -0.0211. The minimum Gasteiger partial charge on any atom is -0.476 e. The predicted molar refractivity (Wildman–Crippen MR) is 69.6 cm³/mol. The zero-order valence-electron chi connectivity index (χ0n) is 9.70. The topological polar surface area (TPSA) is 98.3 Å². The molecule has 0 fully saturated rings. The van der Waals surface area contributed by atoms with Crippen molar-refractivity contribution in [2.45, 2.75) is 6.92 Å². The van der Waals surface area contributed by atoms with Crippen LogP contribution < -0.4 is 0 Å². The van der Waals surface area contributed by atoms with Gasteiger partial charge in [-0.05, 0) is 19.1 Å². The molecule has 19 heavy (non-hydrogen) atoms. The van der Waals surface area contributed by atoms with E-state index in [9.17, 15) is 14.9 Å². The average molecular weight is 326 g/mol. The first-order valence-electron chi connectivity index (χ1n) is 5.13. The Morgan fingerprint density at radius 2 is 2.21 bits per heavy atom. The average Bonchev–Trinajstić information content (AvgIpc) is 2.71. The van der Waals surface area contributed by atoms with Crippen LogP contribution in [-0.2, 0) is 0 Å². The lowest BCUT2D eigenvalue weighted by molar-refractivity contribution is -0.384. The number of carboxylic acid groups (broad SMARTS) is 1. The van der Waals surface area contributed by atoms with E-state index in [4.69, 9.17) is 5.11 Å². The summed E-state index contributed by atoms with van der Waals surface area (Å²) < 4.78 is 1.95. The number of nitrogens with zero attached hydrogens (tertiary/aromatic N) is 3. The van der Waals surface area contributed by atoms with Gasteiger partial charge in [0.15, 0.2) is 5.69 Å². The highest BCUT2D eigenvalue weighted by Crippen LogP contribution is 2.27. The minimum absolute atomic E-state index is 0.133. The van der Waals surface area contributed by atoms with Gasteiger partial charge < -0.3 is 5.11 Å². The number of aromatic nitrogens is 2. The van der Waals surface area contributed by atoms with E-state index >= 15 is 0 Å². The van der Waals surface area contributed by atoms with Gasteiger partial charge in [-0.15, -0.1) is 0 Å². The highest BCUT2D eigenvalue weighted by Gasteiger charge is 2.19. The number of nitro groups is 1. The van der Waals surface area contributed by atoms with Gasteiger partial charge in [0, 0.05) is 16.7 Å². The quantitative estimate of drug-likeness (QED) is 0.690. The number of nitro benzene ring substituents is 1. The number of aromatic carboxylic acids is 1. The Morgan fingerprint density at radius 1 is 1.53 bits per heavy atom. The molecule has 0 saturated carbocycles. The fourth-order valence-electron chi connectivity index (χ4n) is 1.67. The number of benzene rings is 1. The highest BCUT2D eigenvalue weighted by molar-refractivity contribution is 9.10. The zero-order chi connectivity index (χ0) is 14.2. The summed E-state index contributed by atoms with van der Waals surface area (Å²) in [6, 6.07) is 4.53. The molecule has 98 valence electrons. The summed E-state index contributed by atoms with van der Waals surface area (Å²) in [6.45, 7) is 1.58. The second-order valence-corrected chi connectivity index (χ2v) is 4.65. The van der Waals surface area contributed by atoms with Gasteiger partial charge in [0.2, 0.25) is 0 Å². The maximum Gasteiger partial charge on any atom is 0.356 e. The van der Waals surface area contributed by atoms with E-state index in [1.165, 1.54) is 22.9 Å². The molecule has 0 aliphatic carbocycles. The molecule has 2 aromatic rings. The molecule has 2 rings (SSSR count). The molecule has 0 bridgehead atoms. The van der Waals surface area contributed by atoms with Crippen molar-refractivity contribution in [1.82, 2.24) is 9.55 Å². The predicted octanol–water partition coefficient (Wildman–Crippen LogP) is 2.55. The third kappa shape index (κ3) is 2.48. The lowest BCUT2D eigenvalue weighted by Crippen LogP contribution is -2.01. The Bertz CT molecular complexity index is 681. The summed E-state index contributed by atoms with van der Waals surface area (Å²) >= 11 is 3.16. The number of hydrogen-bond donors (Lipinski definition) is 1. The van der Waals surface area contributed by atoms with Gasteiger partial charge in [0.05, 0.1) is 4.92 Å². The van der Waals surface area contributed by atoms with E-state index < -0.39 is 10.9 Å². The summed E-state index contributed by atoms with van der Waals surface area (Å²) in [4.78, 5) is 25.2. The largest absolute Gasteiger partial charge is 0.476 e. The Morgan fingerprint density at radius 3 is 2.74 bits per heavy atom. The van der Waals surface area contributed by atoms with Crippen LogP contribution in [0.4, 0.5) is 5.69 Å². The van der Waals surface area contributed by atoms with Crippen LogP contribution in [0.2, 0.25) is 0 Å². The molecule has 0 aliphatic heterocycles. The van der Waals surface area contributed by atoms with Crippen LogP contribution >= 0.6 is 15.9 Å². The fourth-order valence-corrected chi connectivity index (χ4v) is 2.02. The maximum atomic E-state index is 11.0. The Balaban J connectivity index is 2.65. The van der Waals surface area contributed by atoms with Crippen LogP contribution in [0, 0.1) is 17.0 Å². The summed E-state index contributed by atoms with van der Waals surface area (Å²) in [6.07, 6.45) is 1.26. The molecule has 0 aliphatic rings. The molecule has 0 spiro atoms. The van der Waals surface area contributed by atoms with Gasteiger partial charge >= 0.3 is 5.97 Å². The van der Waals surface area contributed by atoms with Gasteiger partial charge in [-0.3, -0.25) is 14.7 Å². The van der Waals surface area contributed by atoms with Crippen molar-refractivity contribution in [1.29, 1.82) is 0 Å². The van der Waals surface area contributed by atoms with E-state index in [1.807, 2.05) is 0 Å². The van der Waals surface area contributed by atoms with Gasteiger partial charge in [-0.25, -0.2) is 9.78 Å². The van der Waals surface area contributed by atoms with Crippen molar-refractivity contribution < 1.29 is 14.8 Å². The van der Waals surface area contributed by atoms with Crippen LogP contribution in [-0.4, -0.2) is 25.6 Å². The van der Waals surface area contributed by atoms with Crippen LogP contribution in [0.3, 0.4) is 0 Å². The van der Waals surface area contributed by atoms with E-state index in [0.29, 0.717) is 10.3 Å². The van der Waals surface area contributed by atoms with E-state index in [2.05, 4.69) is 20.9 Å². The number of carbonyl (C=O) groups is 1. The molecule has 1 aromatic heterocycles. The molecule has 0 saturated heterocycles. The molecule has 0 atom stereocenters. The Labute approximate surface area is 115 Å². The monoisotopic (exact) mass is 325 g/mol. The first-order valence-corrected chi connectivity index (χ1v) is 5.93. The molecule has 0 radical (unpaired) electrons. The Hall–Kier alpha value is -2.22. The first-order chi connectivity index (χ1) is 8.90. The SMILES string of the molecule is Cc1nc(C(=O)O)cn1-c1ccc(Br)cc1[N+](=O)[O-]. The summed E-state index contributed by atoms with van der Waals surface area (Å²) in [7, 11) is 0. The second-order valence-electron chi connectivity index (χ2n) is 3.74. The number of halogens is 1. The molecule has 1 N–H and O–H groups in total. The minimum atomic E-state index is -1.18. The maximum absolute atomic E-state index is 11.0. The molecule has 1 aromatic carbocycles. The van der Waals surface area contributed by atoms with Crippen molar-refractivity contribution in [2.24, 2.45) is 0 Å². The van der Waals surface area contributed by atoms with Gasteiger partial charge in [0.1, 0.15) is 11.5 Å². The fraction of sp³-hybridized carbons (Fsp3) is 0.0909. The van der Waals surface area contributed by atoms with Crippen molar-refractivity contribution in [3.8, 4) is 5.69 Å². The number of hydrogen-bond acceptors (Lipinski definition) is 4. The van der Waals surface area contributed by atoms with Crippen LogP contribution in [0.1, 0.15) is 16.3 Å². The van der Waals surface area contributed by atoms with Crippen molar-refractivity contribution in [3.63, 3.8) is 0 Å². The normalized spacial score (nSPS) is 10.4. The summed E-state index contributed by atoms with van der Waals surface area (Å²) in [5.74, 6) is -0.815. The van der Waals surface area contributed by atoms with E-state index in [1.54, 1.807) is 13.0 Å². The van der Waals surface area contributed by atoms with Gasteiger partial charge in [-0.2, -0.15) is 0 Å². The lowest BCUT2D eigenvalue weighted by atomic mass is 10.2. The smallest absolute Gasteiger partial charge is 0.356 e. The molecule has 0 unspecified atom stereocenters. The van der Waals surface area contributed by atoms with Gasteiger partial charge in [0.25, 0.3) is 5.69 Å². The molecular formula is C11H8BrN3O4. The molecule has 0 amide bonds. The highest BCUT2D eigenvalue weighted by atomic mass is 79.9. The van der Waals surface area contributed by atoms with Crippen molar-refractivity contribution in [2.75, 3.05) is 0 Å². The summed E-state index contributed by atoms with van der Waals surface area (Å²) in [5, 5.41) is 19.9. The number of aryl methyl sites for hydroxylation is 1. The van der Waals surface area contributed by atoms with Crippen molar-refractivity contribution in [3.05, 3.63) is 50.5 Å². The number of carboxylic acids is 1. The third-order valence-electron chi connectivity index (χ3n) is 2.50. The molecule has 7 nitrogen and oxygen atoms in total. The zero-order valence-corrected chi connectivity index (χ0v) is 11.3. The molecule has 1 heterocycles. The standard InChI is InChI=1S/C11H8BrN3O4/c1-6-13-8(11(16)17)5-14(6)9-3-2-7(12)4-10(9)15(18)19/h2-5H,1H3,(H,16,17). The van der Waals surface area contributed by atoms with Crippen LogP contribution in [0.5, 0.6) is 0 Å². The lowest BCUT2D eigenvalue weighted by Gasteiger charge is -2.05. The van der Waals surface area contributed by atoms with Crippen LogP contribution in [0.15, 0.2) is 28.9 Å². The van der Waals surface area contributed by atoms with Crippen LogP contribution in [0.25, 0.3) is 5.69 Å². The third-order valence-corrected chi connectivity index (χ3v) is 2.99. The van der Waals surface area contributed by atoms with Crippen molar-refractivity contribution >= 4 is 27.6 Å².